The number of carbonyl (C=O) groups excluding carboxylic acids is 1. The third-order valence-corrected chi connectivity index (χ3v) is 4.33. The van der Waals surface area contributed by atoms with Gasteiger partial charge in [0.25, 0.3) is 5.56 Å². The first kappa shape index (κ1) is 17.3. The van der Waals surface area contributed by atoms with E-state index in [9.17, 15) is 18.8 Å². The van der Waals surface area contributed by atoms with Crippen molar-refractivity contribution in [1.29, 1.82) is 0 Å². The monoisotopic (exact) mass is 377 g/mol. The predicted octanol–water partition coefficient (Wildman–Crippen LogP) is 0.825. The van der Waals surface area contributed by atoms with Gasteiger partial charge in [-0.2, -0.15) is 4.39 Å². The molecule has 0 radical (unpaired) electrons. The number of hydrogen-bond donors (Lipinski definition) is 1. The summed E-state index contributed by atoms with van der Waals surface area (Å²) in [6.45, 7) is -0.0900. The van der Waals surface area contributed by atoms with Crippen LogP contribution in [-0.2, 0) is 16.1 Å². The zero-order valence-electron chi connectivity index (χ0n) is 14.1. The van der Waals surface area contributed by atoms with Crippen LogP contribution in [0.25, 0.3) is 0 Å². The minimum atomic E-state index is -1.16. The maximum atomic E-state index is 14.0. The van der Waals surface area contributed by atoms with Crippen LogP contribution in [0.2, 0.25) is 0 Å². The normalized spacial score (nSPS) is 17.9. The van der Waals surface area contributed by atoms with E-state index in [-0.39, 0.29) is 6.79 Å². The van der Waals surface area contributed by atoms with Gasteiger partial charge in [0.15, 0.2) is 11.5 Å². The summed E-state index contributed by atoms with van der Waals surface area (Å²) in [5, 5.41) is 2.55. The van der Waals surface area contributed by atoms with Gasteiger partial charge in [-0.25, -0.2) is 9.36 Å². The summed E-state index contributed by atoms with van der Waals surface area (Å²) in [7, 11) is 0. The van der Waals surface area contributed by atoms with Crippen LogP contribution in [0.1, 0.15) is 19.1 Å². The number of fused-ring (bicyclic) bond motifs is 1. The Hall–Kier alpha value is -3.14. The molecule has 2 aliphatic rings. The molecule has 0 spiro atoms. The Kier molecular flexibility index (Phi) is 4.40. The van der Waals surface area contributed by atoms with E-state index in [1.54, 1.807) is 18.2 Å². The molecule has 0 unspecified atom stereocenters. The molecule has 1 amide bonds. The summed E-state index contributed by atoms with van der Waals surface area (Å²) in [6, 6.07) is 4.76. The second-order valence-electron chi connectivity index (χ2n) is 6.14. The van der Waals surface area contributed by atoms with Crippen LogP contribution < -0.4 is 26.0 Å². The Labute approximate surface area is 151 Å². The fraction of sp³-hybridized carbons (Fsp3) is 0.353. The van der Waals surface area contributed by atoms with Crippen molar-refractivity contribution in [3.63, 3.8) is 0 Å². The van der Waals surface area contributed by atoms with Crippen LogP contribution in [0.5, 0.6) is 11.5 Å². The molecule has 1 aromatic carbocycles. The van der Waals surface area contributed by atoms with Crippen molar-refractivity contribution in [3.8, 4) is 11.5 Å². The van der Waals surface area contributed by atoms with Crippen LogP contribution in [0.15, 0.2) is 34.0 Å². The molecule has 1 atom stereocenters. The van der Waals surface area contributed by atoms with Crippen LogP contribution in [0, 0.1) is 5.82 Å². The number of nitrogens with one attached hydrogen (secondary N) is 1. The maximum absolute atomic E-state index is 14.0. The minimum Gasteiger partial charge on any atom is -0.454 e. The Balaban J connectivity index is 1.57. The summed E-state index contributed by atoms with van der Waals surface area (Å²) in [5.41, 5.74) is -1.56. The molecule has 27 heavy (non-hydrogen) atoms. The molecule has 2 aliphatic heterocycles. The molecule has 1 fully saturated rings. The lowest BCUT2D eigenvalue weighted by atomic mass is 10.3. The number of rotatable bonds is 4. The van der Waals surface area contributed by atoms with Gasteiger partial charge in [-0.05, 0) is 25.0 Å². The lowest BCUT2D eigenvalue weighted by Gasteiger charge is -2.15. The van der Waals surface area contributed by atoms with Gasteiger partial charge < -0.3 is 19.5 Å². The summed E-state index contributed by atoms with van der Waals surface area (Å²) in [5.74, 6) is -0.760. The summed E-state index contributed by atoms with van der Waals surface area (Å²) in [4.78, 5) is 36.8. The average Bonchev–Trinajstić information content (AvgIpc) is 3.33. The summed E-state index contributed by atoms with van der Waals surface area (Å²) in [6.07, 6.45) is 1.44. The van der Waals surface area contributed by atoms with Crippen molar-refractivity contribution in [1.82, 2.24) is 9.13 Å². The SMILES string of the molecule is O=C(Cn1c(=O)c(F)cn([C@@H]2CCCO2)c1=O)Nc1ccc2c(c1)OCO2. The smallest absolute Gasteiger partial charge is 0.333 e. The first-order valence-electron chi connectivity index (χ1n) is 8.35. The highest BCUT2D eigenvalue weighted by atomic mass is 19.1. The van der Waals surface area contributed by atoms with E-state index >= 15 is 0 Å². The Morgan fingerprint density at radius 3 is 2.85 bits per heavy atom. The third kappa shape index (κ3) is 3.31. The Bertz CT molecular complexity index is 1010. The van der Waals surface area contributed by atoms with Gasteiger partial charge in [0.1, 0.15) is 12.8 Å². The molecule has 3 heterocycles. The van der Waals surface area contributed by atoms with Gasteiger partial charge in [-0.15, -0.1) is 0 Å². The highest BCUT2D eigenvalue weighted by molar-refractivity contribution is 5.90. The number of carbonyl (C=O) groups is 1. The van der Waals surface area contributed by atoms with Crippen LogP contribution in [0.4, 0.5) is 10.1 Å². The molecule has 0 bridgehead atoms. The van der Waals surface area contributed by atoms with Crippen LogP contribution >= 0.6 is 0 Å². The standard InChI is InChI=1S/C17H16FN3O6/c18-11-7-20(15-2-1-5-25-15)17(24)21(16(11)23)8-14(22)19-10-3-4-12-13(6-10)27-9-26-12/h3-4,6-7,15H,1-2,5,8-9H2,(H,19,22)/t15-/m0/s1. The van der Waals surface area contributed by atoms with E-state index in [1.807, 2.05) is 0 Å². The highest BCUT2D eigenvalue weighted by Crippen LogP contribution is 2.34. The van der Waals surface area contributed by atoms with Crippen molar-refractivity contribution in [2.75, 3.05) is 18.7 Å². The highest BCUT2D eigenvalue weighted by Gasteiger charge is 2.23. The maximum Gasteiger partial charge on any atom is 0.333 e. The van der Waals surface area contributed by atoms with Gasteiger partial charge in [-0.3, -0.25) is 14.2 Å². The number of aromatic nitrogens is 2. The number of benzene rings is 1. The van der Waals surface area contributed by atoms with Gasteiger partial charge >= 0.3 is 5.69 Å². The number of ether oxygens (including phenoxy) is 3. The van der Waals surface area contributed by atoms with E-state index in [1.165, 1.54) is 0 Å². The van der Waals surface area contributed by atoms with Crippen molar-refractivity contribution < 1.29 is 23.4 Å². The first-order valence-corrected chi connectivity index (χ1v) is 8.35. The lowest BCUT2D eigenvalue weighted by molar-refractivity contribution is -0.116. The average molecular weight is 377 g/mol. The topological polar surface area (TPSA) is 101 Å². The van der Waals surface area contributed by atoms with Crippen molar-refractivity contribution in [3.05, 3.63) is 51.1 Å². The molecule has 4 rings (SSSR count). The second-order valence-corrected chi connectivity index (χ2v) is 6.14. The third-order valence-electron chi connectivity index (χ3n) is 4.33. The van der Waals surface area contributed by atoms with Gasteiger partial charge in [0.2, 0.25) is 18.5 Å². The van der Waals surface area contributed by atoms with Crippen LogP contribution in [0.3, 0.4) is 0 Å². The van der Waals surface area contributed by atoms with E-state index in [0.29, 0.717) is 34.8 Å². The molecule has 0 aliphatic carbocycles. The van der Waals surface area contributed by atoms with Crippen molar-refractivity contribution in [2.45, 2.75) is 25.6 Å². The zero-order valence-corrected chi connectivity index (χ0v) is 14.1. The van der Waals surface area contributed by atoms with Gasteiger partial charge in [0, 0.05) is 18.4 Å². The summed E-state index contributed by atoms with van der Waals surface area (Å²) >= 11 is 0. The minimum absolute atomic E-state index is 0.0915. The van der Waals surface area contributed by atoms with Crippen LogP contribution in [-0.4, -0.2) is 28.4 Å². The van der Waals surface area contributed by atoms with Gasteiger partial charge in [-0.1, -0.05) is 0 Å². The lowest BCUT2D eigenvalue weighted by Crippen LogP contribution is -2.44. The number of nitrogens with zero attached hydrogens (tertiary/aromatic N) is 2. The Morgan fingerprint density at radius 2 is 2.07 bits per heavy atom. The molecule has 142 valence electrons. The molecule has 1 aromatic heterocycles. The summed E-state index contributed by atoms with van der Waals surface area (Å²) < 4.78 is 31.3. The molecule has 1 saturated heterocycles. The quantitative estimate of drug-likeness (QED) is 0.847. The number of amides is 1. The molecule has 1 N–H and O–H groups in total. The molecule has 0 saturated carbocycles. The van der Waals surface area contributed by atoms with Crippen molar-refractivity contribution in [2.24, 2.45) is 0 Å². The Morgan fingerprint density at radius 1 is 1.26 bits per heavy atom. The molecule has 2 aromatic rings. The van der Waals surface area contributed by atoms with Gasteiger partial charge in [0.05, 0.1) is 6.20 Å². The largest absolute Gasteiger partial charge is 0.454 e. The molecule has 10 heteroatoms. The number of hydrogen-bond acceptors (Lipinski definition) is 6. The van der Waals surface area contributed by atoms with E-state index in [4.69, 9.17) is 14.2 Å². The fourth-order valence-electron chi connectivity index (χ4n) is 3.03. The number of anilines is 1. The molecular formula is C17H16FN3O6. The predicted molar refractivity (Wildman–Crippen MR) is 90.3 cm³/mol. The van der Waals surface area contributed by atoms with Crippen molar-refractivity contribution >= 4 is 11.6 Å². The van der Waals surface area contributed by atoms with E-state index < -0.39 is 35.7 Å². The van der Waals surface area contributed by atoms with E-state index in [2.05, 4.69) is 5.32 Å². The zero-order chi connectivity index (χ0) is 19.0. The van der Waals surface area contributed by atoms with E-state index in [0.717, 1.165) is 17.2 Å². The molecule has 9 nitrogen and oxygen atoms in total. The second kappa shape index (κ2) is 6.88. The first-order chi connectivity index (χ1) is 13.0. The fourth-order valence-corrected chi connectivity index (χ4v) is 3.03. The molecular weight excluding hydrogens is 361 g/mol. The number of halogens is 1.